The number of rotatable bonds is 5. The molecule has 2 aromatic rings. The zero-order valence-electron chi connectivity index (χ0n) is 12.5. The van der Waals surface area contributed by atoms with Crippen molar-refractivity contribution in [3.63, 3.8) is 0 Å². The van der Waals surface area contributed by atoms with E-state index in [1.165, 1.54) is 24.3 Å². The van der Waals surface area contributed by atoms with Crippen molar-refractivity contribution >= 4 is 27.7 Å². The summed E-state index contributed by atoms with van der Waals surface area (Å²) in [5.41, 5.74) is 1.12. The highest BCUT2D eigenvalue weighted by molar-refractivity contribution is 7.86. The van der Waals surface area contributed by atoms with Crippen LogP contribution in [0.25, 0.3) is 0 Å². The Labute approximate surface area is 139 Å². The molecule has 0 saturated carbocycles. The summed E-state index contributed by atoms with van der Waals surface area (Å²) in [6.45, 7) is 1.83. The van der Waals surface area contributed by atoms with E-state index in [1.807, 2.05) is 6.92 Å². The van der Waals surface area contributed by atoms with Crippen LogP contribution in [0, 0.1) is 6.92 Å². The molecule has 0 amide bonds. The van der Waals surface area contributed by atoms with Gasteiger partial charge in [-0.15, -0.1) is 0 Å². The maximum Gasteiger partial charge on any atom is 0.341 e. The standard InChI is InChI=1S/C16H15ClO5S/c1-11-7-9-12(10-8-11)23(19,20)22-15(16(18)21-2)13-5-3-4-6-14(13)17/h3-10,15H,1-2H3/t15-/m1/s1. The SMILES string of the molecule is COC(=O)[C@H](OS(=O)(=O)c1ccc(C)cc1)c1ccccc1Cl. The molecule has 0 spiro atoms. The maximum atomic E-state index is 12.4. The largest absolute Gasteiger partial charge is 0.467 e. The predicted molar refractivity (Wildman–Crippen MR) is 85.7 cm³/mol. The summed E-state index contributed by atoms with van der Waals surface area (Å²) in [4.78, 5) is 11.9. The molecule has 122 valence electrons. The van der Waals surface area contributed by atoms with Crippen LogP contribution in [0.3, 0.4) is 0 Å². The molecule has 23 heavy (non-hydrogen) atoms. The molecule has 0 heterocycles. The summed E-state index contributed by atoms with van der Waals surface area (Å²) in [6.07, 6.45) is -1.47. The van der Waals surface area contributed by atoms with Crippen molar-refractivity contribution in [3.05, 3.63) is 64.7 Å². The predicted octanol–water partition coefficient (Wildman–Crippen LogP) is 3.27. The lowest BCUT2D eigenvalue weighted by molar-refractivity contribution is -0.149. The molecule has 0 bridgehead atoms. The normalized spacial score (nSPS) is 12.7. The van der Waals surface area contributed by atoms with Crippen molar-refractivity contribution < 1.29 is 22.1 Å². The highest BCUT2D eigenvalue weighted by Crippen LogP contribution is 2.30. The van der Waals surface area contributed by atoms with E-state index in [-0.39, 0.29) is 15.5 Å². The first-order valence-electron chi connectivity index (χ1n) is 6.67. The molecule has 0 aromatic heterocycles. The van der Waals surface area contributed by atoms with Crippen LogP contribution >= 0.6 is 11.6 Å². The van der Waals surface area contributed by atoms with Crippen LogP contribution in [-0.2, 0) is 23.8 Å². The first-order chi connectivity index (χ1) is 10.8. The van der Waals surface area contributed by atoms with Gasteiger partial charge >= 0.3 is 5.97 Å². The van der Waals surface area contributed by atoms with Gasteiger partial charge < -0.3 is 4.74 Å². The van der Waals surface area contributed by atoms with Crippen LogP contribution in [0.5, 0.6) is 0 Å². The van der Waals surface area contributed by atoms with E-state index in [4.69, 9.17) is 15.8 Å². The number of carbonyl (C=O) groups excluding carboxylic acids is 1. The molecule has 0 saturated heterocycles. The van der Waals surface area contributed by atoms with E-state index in [9.17, 15) is 13.2 Å². The van der Waals surface area contributed by atoms with E-state index in [0.717, 1.165) is 12.7 Å². The topological polar surface area (TPSA) is 69.7 Å². The van der Waals surface area contributed by atoms with E-state index < -0.39 is 22.2 Å². The van der Waals surface area contributed by atoms with Gasteiger partial charge in [0.1, 0.15) is 0 Å². The van der Waals surface area contributed by atoms with E-state index in [0.29, 0.717) is 0 Å². The van der Waals surface area contributed by atoms with E-state index in [2.05, 4.69) is 4.74 Å². The van der Waals surface area contributed by atoms with Crippen LogP contribution in [-0.4, -0.2) is 21.5 Å². The molecule has 0 aliphatic heterocycles. The van der Waals surface area contributed by atoms with Crippen molar-refractivity contribution in [1.29, 1.82) is 0 Å². The number of halogens is 1. The number of hydrogen-bond donors (Lipinski definition) is 0. The Bertz CT molecular complexity index is 799. The van der Waals surface area contributed by atoms with Crippen LogP contribution in [0.1, 0.15) is 17.2 Å². The number of carbonyl (C=O) groups is 1. The van der Waals surface area contributed by atoms with Gasteiger partial charge in [0.15, 0.2) is 0 Å². The fourth-order valence-electron chi connectivity index (χ4n) is 1.90. The zero-order valence-corrected chi connectivity index (χ0v) is 14.1. The number of aryl methyl sites for hydroxylation is 1. The monoisotopic (exact) mass is 354 g/mol. The van der Waals surface area contributed by atoms with E-state index in [1.54, 1.807) is 24.3 Å². The first-order valence-corrected chi connectivity index (χ1v) is 8.46. The summed E-state index contributed by atoms with van der Waals surface area (Å²) in [5.74, 6) is -0.853. The minimum atomic E-state index is -4.16. The summed E-state index contributed by atoms with van der Waals surface area (Å²) in [7, 11) is -3.01. The Kier molecular flexibility index (Phi) is 5.41. The average Bonchev–Trinajstić information content (AvgIpc) is 2.53. The summed E-state index contributed by atoms with van der Waals surface area (Å²) >= 11 is 6.03. The van der Waals surface area contributed by atoms with Gasteiger partial charge in [-0.25, -0.2) is 8.98 Å². The fraction of sp³-hybridized carbons (Fsp3) is 0.188. The van der Waals surface area contributed by atoms with Crippen LogP contribution in [0.4, 0.5) is 0 Å². The van der Waals surface area contributed by atoms with Crippen molar-refractivity contribution in [3.8, 4) is 0 Å². The maximum absolute atomic E-state index is 12.4. The van der Waals surface area contributed by atoms with Crippen molar-refractivity contribution in [2.45, 2.75) is 17.9 Å². The van der Waals surface area contributed by atoms with Crippen molar-refractivity contribution in [1.82, 2.24) is 0 Å². The van der Waals surface area contributed by atoms with Crippen LogP contribution < -0.4 is 0 Å². The van der Waals surface area contributed by atoms with Gasteiger partial charge in [-0.1, -0.05) is 47.5 Å². The minimum absolute atomic E-state index is 0.0518. The molecule has 0 aliphatic rings. The van der Waals surface area contributed by atoms with Crippen molar-refractivity contribution in [2.24, 2.45) is 0 Å². The van der Waals surface area contributed by atoms with Gasteiger partial charge in [-0.05, 0) is 25.1 Å². The molecule has 0 N–H and O–H groups in total. The van der Waals surface area contributed by atoms with Crippen LogP contribution in [0.2, 0.25) is 5.02 Å². The second kappa shape index (κ2) is 7.12. The zero-order chi connectivity index (χ0) is 17.0. The quantitative estimate of drug-likeness (QED) is 0.608. The van der Waals surface area contributed by atoms with Gasteiger partial charge in [0, 0.05) is 10.6 Å². The minimum Gasteiger partial charge on any atom is -0.467 e. The fourth-order valence-corrected chi connectivity index (χ4v) is 3.15. The average molecular weight is 355 g/mol. The van der Waals surface area contributed by atoms with Gasteiger partial charge in [-0.2, -0.15) is 8.42 Å². The Hall–Kier alpha value is -1.89. The number of esters is 1. The highest BCUT2D eigenvalue weighted by atomic mass is 35.5. The summed E-state index contributed by atoms with van der Waals surface area (Å²) in [5, 5.41) is 0.210. The van der Waals surface area contributed by atoms with Gasteiger partial charge in [-0.3, -0.25) is 0 Å². The Morgan fingerprint density at radius 1 is 1.09 bits per heavy atom. The summed E-state index contributed by atoms with van der Waals surface area (Å²) < 4.78 is 34.5. The molecule has 1 atom stereocenters. The van der Waals surface area contributed by atoms with Gasteiger partial charge in [0.05, 0.1) is 12.0 Å². The van der Waals surface area contributed by atoms with Gasteiger partial charge in [0.25, 0.3) is 10.1 Å². The Morgan fingerprint density at radius 2 is 1.70 bits per heavy atom. The smallest absolute Gasteiger partial charge is 0.341 e. The van der Waals surface area contributed by atoms with Crippen LogP contribution in [0.15, 0.2) is 53.4 Å². The Balaban J connectivity index is 2.40. The number of hydrogen-bond acceptors (Lipinski definition) is 5. The highest BCUT2D eigenvalue weighted by Gasteiger charge is 2.31. The molecule has 0 radical (unpaired) electrons. The third kappa shape index (κ3) is 4.10. The lowest BCUT2D eigenvalue weighted by atomic mass is 10.1. The number of benzene rings is 2. The summed E-state index contributed by atoms with van der Waals surface area (Å²) in [6, 6.07) is 12.4. The first kappa shape index (κ1) is 17.5. The third-order valence-corrected chi connectivity index (χ3v) is 4.78. The second-order valence-electron chi connectivity index (χ2n) is 4.79. The molecule has 2 aromatic carbocycles. The lowest BCUT2D eigenvalue weighted by Crippen LogP contribution is -2.21. The lowest BCUT2D eigenvalue weighted by Gasteiger charge is -2.17. The molecular weight excluding hydrogens is 340 g/mol. The molecule has 5 nitrogen and oxygen atoms in total. The number of methoxy groups -OCH3 is 1. The molecule has 0 aliphatic carbocycles. The molecule has 2 rings (SSSR count). The third-order valence-electron chi connectivity index (χ3n) is 3.14. The second-order valence-corrected chi connectivity index (χ2v) is 6.77. The van der Waals surface area contributed by atoms with E-state index >= 15 is 0 Å². The van der Waals surface area contributed by atoms with Crippen molar-refractivity contribution in [2.75, 3.05) is 7.11 Å². The molecule has 7 heteroatoms. The Morgan fingerprint density at radius 3 is 2.26 bits per heavy atom. The molecule has 0 fully saturated rings. The van der Waals surface area contributed by atoms with Gasteiger partial charge in [0.2, 0.25) is 6.10 Å². The number of ether oxygens (including phenoxy) is 1. The molecule has 0 unspecified atom stereocenters. The molecular formula is C16H15ClO5S.